The van der Waals surface area contributed by atoms with Crippen molar-refractivity contribution in [2.75, 3.05) is 0 Å². The Morgan fingerprint density at radius 3 is 0.822 bits per heavy atom. The summed E-state index contributed by atoms with van der Waals surface area (Å²) in [5.74, 6) is -15.0. The number of halogens is 16. The van der Waals surface area contributed by atoms with Crippen LogP contribution in [-0.2, 0) is 49.1 Å². The molecule has 0 atom stereocenters. The molecule has 261 valence electrons. The summed E-state index contributed by atoms with van der Waals surface area (Å²) in [5, 5.41) is 43.9. The molecular weight excluding hydrogens is 735 g/mol. The molecule has 1 aromatic rings. The van der Waals surface area contributed by atoms with Crippen LogP contribution in [0.25, 0.3) is 0 Å². The van der Waals surface area contributed by atoms with Crippen LogP contribution in [0.15, 0.2) is 18.7 Å². The van der Waals surface area contributed by atoms with Gasteiger partial charge in [-0.15, -0.1) is 0 Å². The monoisotopic (exact) mass is 745 g/mol. The Hall–Kier alpha value is -3.98. The topological polar surface area (TPSA) is 218 Å². The van der Waals surface area contributed by atoms with Gasteiger partial charge >= 0.3 is 49.4 Å². The second-order valence-corrected chi connectivity index (χ2v) is 5.73. The van der Waals surface area contributed by atoms with Gasteiger partial charge in [0.1, 0.15) is 29.8 Å². The van der Waals surface area contributed by atoms with Crippen LogP contribution in [0.3, 0.4) is 0 Å². The molecule has 12 nitrogen and oxygen atoms in total. The number of aromatic nitrogens is 2. The zero-order chi connectivity index (χ0) is 36.2. The summed E-state index contributed by atoms with van der Waals surface area (Å²) in [6.45, 7) is 3.24. The van der Waals surface area contributed by atoms with Crippen molar-refractivity contribution >= 4 is 29.8 Å². The number of hydrogen-bond donors (Lipinski definition) is 0. The first-order chi connectivity index (χ1) is 18.6. The molecule has 0 fully saturated rings. The minimum atomic E-state index is -5.19. The van der Waals surface area contributed by atoms with Crippen molar-refractivity contribution in [3.05, 3.63) is 18.7 Å². The summed E-state index contributed by atoms with van der Waals surface area (Å²) in [5.41, 5.74) is 0. The Morgan fingerprint density at radius 2 is 0.733 bits per heavy atom. The van der Waals surface area contributed by atoms with Crippen LogP contribution in [0.5, 0.6) is 0 Å². The zero-order valence-corrected chi connectivity index (χ0v) is 22.0. The first-order valence-corrected chi connectivity index (χ1v) is 9.02. The van der Waals surface area contributed by atoms with Crippen molar-refractivity contribution in [2.45, 2.75) is 50.8 Å². The smallest absolute Gasteiger partial charge is 0.542 e. The van der Waals surface area contributed by atoms with E-state index in [-0.39, 0.29) is 23.3 Å². The number of carboxylic acid groups (broad SMARTS) is 5. The van der Waals surface area contributed by atoms with Crippen LogP contribution in [0.1, 0.15) is 13.3 Å². The first-order valence-electron chi connectivity index (χ1n) is 9.02. The fourth-order valence-corrected chi connectivity index (χ4v) is 0.677. The predicted molar refractivity (Wildman–Crippen MR) is 88.9 cm³/mol. The number of rotatable bonds is 2. The van der Waals surface area contributed by atoms with Crippen LogP contribution in [0, 0.1) is 0 Å². The van der Waals surface area contributed by atoms with E-state index in [0.29, 0.717) is 0 Å². The Bertz CT molecular complexity index is 834. The third kappa shape index (κ3) is 44.6. The molecule has 29 heteroatoms. The molecule has 0 saturated carbocycles. The zero-order valence-electron chi connectivity index (χ0n) is 20.6. The van der Waals surface area contributed by atoms with Crippen molar-refractivity contribution in [1.29, 1.82) is 0 Å². The number of imidazole rings is 1. The van der Waals surface area contributed by atoms with Crippen molar-refractivity contribution < 1.29 is 139 Å². The largest absolute Gasteiger partial charge is 5.00 e. The Kier molecular flexibility index (Phi) is 30.7. The molecule has 0 aromatic carbocycles. The minimum Gasteiger partial charge on any atom is -0.542 e. The molecule has 0 N–H and O–H groups in total. The average Bonchev–Trinajstić information content (AvgIpc) is 3.26. The average molecular weight is 745 g/mol. The van der Waals surface area contributed by atoms with Gasteiger partial charge in [0, 0.05) is 23.6 Å². The second-order valence-electron chi connectivity index (χ2n) is 5.73. The summed E-state index contributed by atoms with van der Waals surface area (Å²) in [6.07, 6.45) is -19.2. The van der Waals surface area contributed by atoms with Crippen molar-refractivity contribution in [3.63, 3.8) is 0 Å². The number of nitrogens with zero attached hydrogens (tertiary/aromatic N) is 2. The summed E-state index contributed by atoms with van der Waals surface area (Å²) in [7, 11) is 0. The normalized spacial score (nSPS) is 10.5. The van der Waals surface area contributed by atoms with E-state index in [2.05, 4.69) is 16.5 Å². The maximum Gasteiger partial charge on any atom is 5.00 e. The molecule has 0 bridgehead atoms. The van der Waals surface area contributed by atoms with Gasteiger partial charge in [0.15, 0.2) is 0 Å². The molecule has 0 aliphatic heterocycles. The van der Waals surface area contributed by atoms with Crippen LogP contribution < -0.4 is 25.5 Å². The van der Waals surface area contributed by atoms with Crippen LogP contribution >= 0.6 is 0 Å². The van der Waals surface area contributed by atoms with Crippen LogP contribution in [-0.4, -0.2) is 70.3 Å². The van der Waals surface area contributed by atoms with Gasteiger partial charge < -0.3 is 54.1 Å². The first kappa shape index (κ1) is 56.8. The van der Waals surface area contributed by atoms with Crippen molar-refractivity contribution in [2.24, 2.45) is 0 Å². The Balaban J connectivity index is -0.0000000764. The Morgan fingerprint density at radius 1 is 0.556 bits per heavy atom. The van der Waals surface area contributed by atoms with Gasteiger partial charge in [-0.3, -0.25) is 0 Å². The summed E-state index contributed by atoms with van der Waals surface area (Å²) >= 11 is 0. The van der Waals surface area contributed by atoms with Crippen molar-refractivity contribution in [1.82, 2.24) is 9.55 Å². The van der Waals surface area contributed by atoms with E-state index in [0.717, 1.165) is 6.54 Å². The number of aryl methyl sites for hydroxylation is 1. The summed E-state index contributed by atoms with van der Waals surface area (Å²) < 4.78 is 160. The molecule has 1 heterocycles. The fraction of sp³-hybridized carbons (Fsp3) is 0.500. The number of carboxylic acids is 5. The minimum absolute atomic E-state index is 0. The number of hydrogen-bond acceptors (Lipinski definition) is 11. The fourth-order valence-electron chi connectivity index (χ4n) is 0.677. The molecule has 1 aromatic heterocycles. The third-order valence-corrected chi connectivity index (χ3v) is 2.20. The standard InChI is InChI=1S/C6H10N2.5C2HF3O2.F.V/c1-2-4-8-5-3-7-6-8;5*3-2(4,5)1(6)7;;/h3,5-6H,2,4H2,1H3;5*(H,6,7);;/q;;;;;;;+5/p-5. The van der Waals surface area contributed by atoms with E-state index in [4.69, 9.17) is 49.5 Å². The van der Waals surface area contributed by atoms with Crippen molar-refractivity contribution in [3.8, 4) is 0 Å². The van der Waals surface area contributed by atoms with E-state index in [1.807, 2.05) is 12.5 Å². The molecule has 0 unspecified atom stereocenters. The third-order valence-electron chi connectivity index (χ3n) is 2.20. The van der Waals surface area contributed by atoms with Crippen LogP contribution in [0.4, 0.5) is 70.6 Å². The number of carbonyl (C=O) groups excluding carboxylic acids is 5. The van der Waals surface area contributed by atoms with Gasteiger partial charge in [-0.2, -0.15) is 65.9 Å². The van der Waals surface area contributed by atoms with E-state index >= 15 is 0 Å². The molecule has 1 rings (SSSR count). The van der Waals surface area contributed by atoms with Crippen LogP contribution in [0.2, 0.25) is 0 Å². The van der Waals surface area contributed by atoms with Gasteiger partial charge in [0.05, 0.1) is 6.33 Å². The SMILES string of the molecule is CCCn1ccnc1.O=C([O-])C(F)(F)F.O=C([O-])C(F)(F)F.O=C([O-])C(F)(F)F.O=C([O-])C(F)(F)F.O=C([O-])C(F)(F)F.[F].[V+5]. The molecular formula is C16H10F16N2O10V. The molecule has 0 spiro atoms. The predicted octanol–water partition coefficient (Wildman–Crippen LogP) is -1.80. The Labute approximate surface area is 248 Å². The van der Waals surface area contributed by atoms with E-state index < -0.39 is 60.7 Å². The summed E-state index contributed by atoms with van der Waals surface area (Å²) in [6, 6.07) is 0. The maximum atomic E-state index is 10.5. The van der Waals surface area contributed by atoms with Gasteiger partial charge in [-0.25, -0.2) is 4.98 Å². The van der Waals surface area contributed by atoms with Gasteiger partial charge in [-0.05, 0) is 6.42 Å². The molecule has 45 heavy (non-hydrogen) atoms. The maximum absolute atomic E-state index is 10.5. The molecule has 0 amide bonds. The number of aliphatic carboxylic acids is 5. The molecule has 0 saturated heterocycles. The number of alkyl halides is 15. The van der Waals surface area contributed by atoms with Gasteiger partial charge in [0.25, 0.3) is 0 Å². The summed E-state index contributed by atoms with van der Waals surface area (Å²) in [4.78, 5) is 47.8. The molecule has 0 aliphatic carbocycles. The quantitative estimate of drug-likeness (QED) is 0.308. The molecule has 1 radical (unpaired) electrons. The number of carbonyl (C=O) groups is 5. The van der Waals surface area contributed by atoms with Gasteiger partial charge in [-0.1, -0.05) is 6.92 Å². The molecule has 0 aliphatic rings. The second kappa shape index (κ2) is 24.4. The van der Waals surface area contributed by atoms with Gasteiger partial charge in [0.2, 0.25) is 0 Å². The van der Waals surface area contributed by atoms with E-state index in [9.17, 15) is 65.9 Å². The van der Waals surface area contributed by atoms with E-state index in [1.54, 1.807) is 6.20 Å². The van der Waals surface area contributed by atoms with E-state index in [1.165, 1.54) is 6.42 Å².